The smallest absolute Gasteiger partial charge is 0.303 e. The predicted molar refractivity (Wildman–Crippen MR) is 132 cm³/mol. The summed E-state index contributed by atoms with van der Waals surface area (Å²) < 4.78 is 5.91. The second-order valence-electron chi connectivity index (χ2n) is 10.6. The largest absolute Gasteiger partial charge is 0.481 e. The van der Waals surface area contributed by atoms with Crippen LogP contribution in [0.4, 0.5) is 0 Å². The zero-order valence-corrected chi connectivity index (χ0v) is 21.4. The third kappa shape index (κ3) is 5.90. The van der Waals surface area contributed by atoms with Crippen molar-refractivity contribution < 1.29 is 39.5 Å². The Morgan fingerprint density at radius 1 is 1.22 bits per heavy atom. The van der Waals surface area contributed by atoms with Crippen LogP contribution >= 0.6 is 0 Å². The van der Waals surface area contributed by atoms with Crippen molar-refractivity contribution in [3.05, 3.63) is 23.9 Å². The van der Waals surface area contributed by atoms with Crippen LogP contribution in [0.2, 0.25) is 0 Å². The number of fused-ring (bicyclic) bond motifs is 1. The number of aliphatic hydroxyl groups excluding tert-OH is 2. The molecular weight excluding hydrogens is 466 g/mol. The number of β-amino-alcohol motifs (C(OH)–C–C–N with tert-alkyl or cyclic N) is 1. The molecule has 2 saturated heterocycles. The third-order valence-electron chi connectivity index (χ3n) is 8.01. The Labute approximate surface area is 212 Å². The molecule has 2 fully saturated rings. The summed E-state index contributed by atoms with van der Waals surface area (Å²) in [7, 11) is 1.81. The average molecular weight is 508 g/mol. The molecule has 0 aromatic rings. The van der Waals surface area contributed by atoms with Crippen molar-refractivity contribution in [1.82, 2.24) is 4.90 Å². The molecule has 0 aromatic heterocycles. The number of Topliss-reactive ketones (excluding diaryl/α,β-unsaturated/α-hetero) is 1. The minimum absolute atomic E-state index is 0.0596. The number of rotatable bonds is 14. The number of likely N-dealkylation sites (N-methyl/N-ethyl adjacent to an activating group) is 1. The predicted octanol–water partition coefficient (Wildman–Crippen LogP) is 2.33. The quantitative estimate of drug-likeness (QED) is 0.206. The van der Waals surface area contributed by atoms with Crippen LogP contribution in [-0.4, -0.2) is 80.6 Å². The molecule has 36 heavy (non-hydrogen) atoms. The number of nitrogens with zero attached hydrogens (tertiary/aromatic N) is 1. The summed E-state index contributed by atoms with van der Waals surface area (Å²) in [6, 6.07) is 0. The number of hydrogen-bond acceptors (Lipinski definition) is 8. The highest BCUT2D eigenvalue weighted by Crippen LogP contribution is 2.59. The molecule has 1 aliphatic carbocycles. The number of ether oxygens (including phenoxy) is 1. The molecule has 6 atom stereocenters. The number of aliphatic carboxylic acids is 1. The number of carboxylic acid groups (broad SMARTS) is 1. The van der Waals surface area contributed by atoms with Crippen molar-refractivity contribution >= 4 is 17.5 Å². The van der Waals surface area contributed by atoms with Crippen LogP contribution < -0.4 is 0 Å². The Hall–Kier alpha value is -2.07. The van der Waals surface area contributed by atoms with Gasteiger partial charge in [0.25, 0.3) is 0 Å². The van der Waals surface area contributed by atoms with Crippen LogP contribution in [-0.2, 0) is 19.1 Å². The number of ketones is 2. The van der Waals surface area contributed by atoms with Gasteiger partial charge < -0.3 is 30.1 Å². The van der Waals surface area contributed by atoms with E-state index in [0.717, 1.165) is 25.7 Å². The molecule has 2 aliphatic heterocycles. The highest BCUT2D eigenvalue weighted by molar-refractivity contribution is 5.98. The molecule has 2 bridgehead atoms. The van der Waals surface area contributed by atoms with Crippen molar-refractivity contribution in [3.8, 4) is 0 Å². The second kappa shape index (κ2) is 12.0. The van der Waals surface area contributed by atoms with Gasteiger partial charge in [0.1, 0.15) is 6.10 Å². The zero-order chi connectivity index (χ0) is 26.5. The highest BCUT2D eigenvalue weighted by Gasteiger charge is 2.67. The third-order valence-corrected chi connectivity index (χ3v) is 8.01. The number of carbonyl (C=O) groups is 3. The van der Waals surface area contributed by atoms with E-state index in [1.807, 2.05) is 24.0 Å². The van der Waals surface area contributed by atoms with E-state index in [-0.39, 0.29) is 31.6 Å². The van der Waals surface area contributed by atoms with E-state index < -0.39 is 47.0 Å². The molecule has 9 nitrogen and oxygen atoms in total. The fourth-order valence-electron chi connectivity index (χ4n) is 6.15. The second-order valence-corrected chi connectivity index (χ2v) is 10.6. The monoisotopic (exact) mass is 507 g/mol. The van der Waals surface area contributed by atoms with Crippen LogP contribution in [0.5, 0.6) is 0 Å². The highest BCUT2D eigenvalue weighted by atomic mass is 16.6. The van der Waals surface area contributed by atoms with E-state index in [9.17, 15) is 29.7 Å². The lowest BCUT2D eigenvalue weighted by Crippen LogP contribution is -2.63. The first-order valence-corrected chi connectivity index (χ1v) is 13.2. The van der Waals surface area contributed by atoms with Gasteiger partial charge >= 0.3 is 5.97 Å². The summed E-state index contributed by atoms with van der Waals surface area (Å²) >= 11 is 0. The maximum Gasteiger partial charge on any atom is 0.303 e. The van der Waals surface area contributed by atoms with Crippen molar-refractivity contribution in [1.29, 1.82) is 0 Å². The Bertz CT molecular complexity index is 885. The van der Waals surface area contributed by atoms with E-state index in [1.54, 1.807) is 7.05 Å². The number of likely N-dealkylation sites (tertiary alicyclic amines) is 1. The van der Waals surface area contributed by atoms with Gasteiger partial charge in [0, 0.05) is 56.0 Å². The minimum Gasteiger partial charge on any atom is -0.481 e. The Kier molecular flexibility index (Phi) is 9.49. The molecule has 0 amide bonds. The maximum atomic E-state index is 13.0. The van der Waals surface area contributed by atoms with Gasteiger partial charge in [0.15, 0.2) is 5.78 Å². The van der Waals surface area contributed by atoms with Crippen molar-refractivity contribution in [2.75, 3.05) is 13.6 Å². The van der Waals surface area contributed by atoms with E-state index >= 15 is 0 Å². The standard InChI is InChI=1S/C27H41NO8/c1-3-4-8-11-18-21(14-20(30)19(29)12-9-6-5-7-10-13-25(33)34)36-27(35)17-26(18)22(15-23(27)31)28(2)16-24(26)32/h4,8,15,18-19,21,24,29,32,35H,3,5-7,9-14,16-17H2,1-2H3,(H,33,34)/b8-4-/t18-,19-,21+,24+,26?,27-/m1/s1. The minimum atomic E-state index is -2.10. The van der Waals surface area contributed by atoms with Crippen LogP contribution in [0.25, 0.3) is 0 Å². The fraction of sp³-hybridized carbons (Fsp3) is 0.741. The molecule has 2 heterocycles. The summed E-state index contributed by atoms with van der Waals surface area (Å²) in [5.41, 5.74) is -0.247. The Morgan fingerprint density at radius 2 is 1.92 bits per heavy atom. The number of aliphatic hydroxyl groups is 3. The van der Waals surface area contributed by atoms with Gasteiger partial charge in [-0.25, -0.2) is 0 Å². The van der Waals surface area contributed by atoms with Gasteiger partial charge in [-0.05, 0) is 25.7 Å². The average Bonchev–Trinajstić information content (AvgIpc) is 3.03. The number of carbonyl (C=O) groups excluding carboxylic acids is 2. The van der Waals surface area contributed by atoms with E-state index in [2.05, 4.69) is 0 Å². The van der Waals surface area contributed by atoms with Crippen molar-refractivity contribution in [2.45, 2.75) is 102 Å². The summed E-state index contributed by atoms with van der Waals surface area (Å²) in [4.78, 5) is 38.2. The first-order valence-electron chi connectivity index (χ1n) is 13.2. The Morgan fingerprint density at radius 3 is 2.61 bits per heavy atom. The van der Waals surface area contributed by atoms with Gasteiger partial charge in [-0.3, -0.25) is 14.4 Å². The number of carboxylic acids is 1. The SMILES string of the molecule is CC/C=C\C[C@@H]1[C@H](CC(=O)[C@H](O)CCCCCCCC(=O)O)O[C@]2(O)CC13C(=CC2=O)N(C)C[C@@H]3O. The molecule has 202 valence electrons. The molecule has 1 spiro atoms. The van der Waals surface area contributed by atoms with E-state index in [4.69, 9.17) is 9.84 Å². The van der Waals surface area contributed by atoms with Gasteiger partial charge in [-0.15, -0.1) is 0 Å². The maximum absolute atomic E-state index is 13.0. The Balaban J connectivity index is 1.70. The van der Waals surface area contributed by atoms with Gasteiger partial charge in [0.05, 0.1) is 12.2 Å². The van der Waals surface area contributed by atoms with Gasteiger partial charge in [-0.1, -0.05) is 44.8 Å². The molecule has 3 aliphatic rings. The lowest BCUT2D eigenvalue weighted by atomic mass is 9.58. The molecule has 1 unspecified atom stereocenters. The van der Waals surface area contributed by atoms with Crippen molar-refractivity contribution in [3.63, 3.8) is 0 Å². The molecule has 9 heteroatoms. The van der Waals surface area contributed by atoms with E-state index in [1.165, 1.54) is 6.08 Å². The van der Waals surface area contributed by atoms with Crippen LogP contribution in [0.15, 0.2) is 23.9 Å². The van der Waals surface area contributed by atoms with E-state index in [0.29, 0.717) is 31.5 Å². The number of hydrogen-bond donors (Lipinski definition) is 4. The topological polar surface area (TPSA) is 145 Å². The van der Waals surface area contributed by atoms with Crippen LogP contribution in [0.1, 0.15) is 77.6 Å². The van der Waals surface area contributed by atoms with Crippen molar-refractivity contribution in [2.24, 2.45) is 11.3 Å². The van der Waals surface area contributed by atoms with Crippen LogP contribution in [0, 0.1) is 11.3 Å². The summed E-state index contributed by atoms with van der Waals surface area (Å²) in [6.45, 7) is 2.33. The molecule has 0 saturated carbocycles. The summed E-state index contributed by atoms with van der Waals surface area (Å²) in [6.07, 6.45) is 7.73. The lowest BCUT2D eigenvalue weighted by molar-refractivity contribution is -0.287. The number of allylic oxidation sites excluding steroid dienone is 2. The first-order chi connectivity index (χ1) is 17.0. The van der Waals surface area contributed by atoms with Gasteiger partial charge in [-0.2, -0.15) is 0 Å². The molecule has 0 radical (unpaired) electrons. The molecule has 4 N–H and O–H groups in total. The molecule has 3 rings (SSSR count). The summed E-state index contributed by atoms with van der Waals surface area (Å²) in [5.74, 6) is -4.26. The molecular formula is C27H41NO8. The zero-order valence-electron chi connectivity index (χ0n) is 21.4. The molecule has 0 aromatic carbocycles. The summed E-state index contributed by atoms with van der Waals surface area (Å²) in [5, 5.41) is 41.5. The number of unbranched alkanes of at least 4 members (excludes halogenated alkanes) is 4. The van der Waals surface area contributed by atoms with Gasteiger partial charge in [0.2, 0.25) is 11.6 Å². The van der Waals surface area contributed by atoms with Crippen LogP contribution in [0.3, 0.4) is 0 Å². The first kappa shape index (κ1) is 28.5. The lowest BCUT2D eigenvalue weighted by Gasteiger charge is -2.55. The fourth-order valence-corrected chi connectivity index (χ4v) is 6.15. The normalized spacial score (nSPS) is 32.5.